The van der Waals surface area contributed by atoms with Crippen molar-refractivity contribution in [3.8, 4) is 11.5 Å². The molecule has 0 fully saturated rings. The number of hydrazine groups is 1. The van der Waals surface area contributed by atoms with E-state index in [9.17, 15) is 9.59 Å². The quantitative estimate of drug-likeness (QED) is 0.325. The highest BCUT2D eigenvalue weighted by atomic mass is 79.9. The Morgan fingerprint density at radius 2 is 1.67 bits per heavy atom. The van der Waals surface area contributed by atoms with Gasteiger partial charge in [-0.15, -0.1) is 0 Å². The van der Waals surface area contributed by atoms with Gasteiger partial charge in [-0.05, 0) is 94.3 Å². The Bertz CT molecular complexity index is 957. The summed E-state index contributed by atoms with van der Waals surface area (Å²) in [7, 11) is 0. The van der Waals surface area contributed by atoms with E-state index in [1.807, 2.05) is 13.8 Å². The lowest BCUT2D eigenvalue weighted by atomic mass is 10.2. The Labute approximate surface area is 204 Å². The van der Waals surface area contributed by atoms with Crippen LogP contribution >= 0.6 is 60.0 Å². The first-order valence-electron chi connectivity index (χ1n) is 8.60. The van der Waals surface area contributed by atoms with Crippen molar-refractivity contribution in [1.82, 2.24) is 16.2 Å². The molecule has 0 saturated heterocycles. The molecule has 0 aliphatic rings. The molecule has 0 aromatic heterocycles. The molecule has 0 heterocycles. The fourth-order valence-corrected chi connectivity index (χ4v) is 3.87. The maximum atomic E-state index is 12.3. The molecular formula is C19H18Br3N3O4S. The number of halogens is 3. The maximum Gasteiger partial charge on any atom is 0.276 e. The zero-order valence-corrected chi connectivity index (χ0v) is 21.5. The molecule has 2 rings (SSSR count). The Morgan fingerprint density at radius 1 is 1.00 bits per heavy atom. The van der Waals surface area contributed by atoms with E-state index in [0.29, 0.717) is 26.0 Å². The van der Waals surface area contributed by atoms with Crippen molar-refractivity contribution >= 4 is 76.9 Å². The number of amides is 2. The molecule has 2 amide bonds. The Kier molecular flexibility index (Phi) is 9.53. The first-order chi connectivity index (χ1) is 14.2. The second-order valence-corrected chi connectivity index (χ2v) is 9.16. The smallest absolute Gasteiger partial charge is 0.276 e. The average Bonchev–Trinajstić information content (AvgIpc) is 2.66. The molecule has 0 aliphatic heterocycles. The molecule has 30 heavy (non-hydrogen) atoms. The van der Waals surface area contributed by atoms with Crippen molar-refractivity contribution < 1.29 is 19.1 Å². The number of carbonyl (C=O) groups is 2. The molecule has 11 heteroatoms. The fraction of sp³-hybridized carbons (Fsp3) is 0.211. The number of carbonyl (C=O) groups excluding carboxylic acids is 2. The van der Waals surface area contributed by atoms with Crippen molar-refractivity contribution in [2.75, 3.05) is 6.61 Å². The second-order valence-electron chi connectivity index (χ2n) is 6.13. The number of rotatable bonds is 6. The van der Waals surface area contributed by atoms with Crippen LogP contribution in [0.1, 0.15) is 24.2 Å². The van der Waals surface area contributed by atoms with Gasteiger partial charge in [-0.25, -0.2) is 0 Å². The van der Waals surface area contributed by atoms with E-state index in [1.165, 1.54) is 0 Å². The van der Waals surface area contributed by atoms with Gasteiger partial charge in [0.15, 0.2) is 11.7 Å². The highest BCUT2D eigenvalue weighted by Crippen LogP contribution is 2.28. The fourth-order valence-electron chi connectivity index (χ4n) is 2.10. The summed E-state index contributed by atoms with van der Waals surface area (Å²) in [6.45, 7) is 3.58. The summed E-state index contributed by atoms with van der Waals surface area (Å²) in [5.41, 5.74) is 5.19. The minimum Gasteiger partial charge on any atom is -0.490 e. The van der Waals surface area contributed by atoms with Crippen LogP contribution in [-0.4, -0.2) is 29.6 Å². The summed E-state index contributed by atoms with van der Waals surface area (Å²) in [6.07, 6.45) is 0.00946. The standard InChI is InChI=1S/C19H18Br3N3O4S/c1-10(2)29-16-5-3-11(7-13(16)21)18(27)23-19(30)25-24-17(26)9-28-15-6-4-12(20)8-14(15)22/h3-8,10H,9H2,1-2H3,(H,24,26)(H2,23,25,27,30). The molecule has 160 valence electrons. The molecule has 0 radical (unpaired) electrons. The molecule has 0 spiro atoms. The molecule has 0 bridgehead atoms. The molecular weight excluding hydrogens is 606 g/mol. The summed E-state index contributed by atoms with van der Waals surface area (Å²) in [5.74, 6) is 0.236. The molecule has 0 saturated carbocycles. The van der Waals surface area contributed by atoms with E-state index in [0.717, 1.165) is 4.47 Å². The van der Waals surface area contributed by atoms with E-state index in [1.54, 1.807) is 36.4 Å². The maximum absolute atomic E-state index is 12.3. The summed E-state index contributed by atoms with van der Waals surface area (Å²) in [5, 5.41) is 2.42. The van der Waals surface area contributed by atoms with Crippen molar-refractivity contribution in [3.63, 3.8) is 0 Å². The summed E-state index contributed by atoms with van der Waals surface area (Å²) in [4.78, 5) is 24.2. The third kappa shape index (κ3) is 7.86. The first-order valence-corrected chi connectivity index (χ1v) is 11.4. The van der Waals surface area contributed by atoms with Gasteiger partial charge in [0.05, 0.1) is 15.0 Å². The lowest BCUT2D eigenvalue weighted by molar-refractivity contribution is -0.123. The number of nitrogens with one attached hydrogen (secondary N) is 3. The molecule has 0 aliphatic carbocycles. The van der Waals surface area contributed by atoms with Gasteiger partial charge in [0.1, 0.15) is 11.5 Å². The van der Waals surface area contributed by atoms with E-state index >= 15 is 0 Å². The van der Waals surface area contributed by atoms with Crippen molar-refractivity contribution in [1.29, 1.82) is 0 Å². The van der Waals surface area contributed by atoms with Gasteiger partial charge in [0, 0.05) is 10.0 Å². The lowest BCUT2D eigenvalue weighted by Crippen LogP contribution is -2.49. The van der Waals surface area contributed by atoms with E-state index < -0.39 is 11.8 Å². The van der Waals surface area contributed by atoms with E-state index in [-0.39, 0.29) is 17.8 Å². The minimum atomic E-state index is -0.473. The largest absolute Gasteiger partial charge is 0.490 e. The van der Waals surface area contributed by atoms with Gasteiger partial charge >= 0.3 is 0 Å². The van der Waals surface area contributed by atoms with Gasteiger partial charge in [-0.2, -0.15) is 0 Å². The predicted octanol–water partition coefficient (Wildman–Crippen LogP) is 4.48. The normalized spacial score (nSPS) is 10.3. The van der Waals surface area contributed by atoms with Gasteiger partial charge in [0.2, 0.25) is 0 Å². The highest BCUT2D eigenvalue weighted by molar-refractivity contribution is 9.11. The minimum absolute atomic E-state index is 0.00946. The van der Waals surface area contributed by atoms with Crippen LogP contribution in [0.5, 0.6) is 11.5 Å². The molecule has 0 atom stereocenters. The number of hydrogen-bond donors (Lipinski definition) is 3. The molecule has 7 nitrogen and oxygen atoms in total. The monoisotopic (exact) mass is 621 g/mol. The van der Waals surface area contributed by atoms with Crippen LogP contribution in [0.25, 0.3) is 0 Å². The number of thiocarbonyl (C=S) groups is 1. The molecule has 3 N–H and O–H groups in total. The van der Waals surface area contributed by atoms with Crippen LogP contribution in [0, 0.1) is 0 Å². The first kappa shape index (κ1) is 24.6. The van der Waals surface area contributed by atoms with E-state index in [4.69, 9.17) is 21.7 Å². The average molecular weight is 624 g/mol. The zero-order valence-electron chi connectivity index (χ0n) is 15.9. The summed E-state index contributed by atoms with van der Waals surface area (Å²) >= 11 is 15.1. The third-order valence-electron chi connectivity index (χ3n) is 3.35. The Morgan fingerprint density at radius 3 is 2.30 bits per heavy atom. The summed E-state index contributed by atoms with van der Waals surface area (Å²) < 4.78 is 13.3. The Hall–Kier alpha value is -1.69. The van der Waals surface area contributed by atoms with E-state index in [2.05, 4.69) is 64.0 Å². The summed E-state index contributed by atoms with van der Waals surface area (Å²) in [6, 6.07) is 10.2. The van der Waals surface area contributed by atoms with Crippen LogP contribution in [0.15, 0.2) is 49.8 Å². The third-order valence-corrected chi connectivity index (χ3v) is 5.29. The molecule has 2 aromatic rings. The topological polar surface area (TPSA) is 88.7 Å². The lowest BCUT2D eigenvalue weighted by Gasteiger charge is -2.14. The van der Waals surface area contributed by atoms with Crippen LogP contribution in [0.3, 0.4) is 0 Å². The van der Waals surface area contributed by atoms with Crippen molar-refractivity contribution in [2.24, 2.45) is 0 Å². The van der Waals surface area contributed by atoms with Gasteiger partial charge in [0.25, 0.3) is 11.8 Å². The number of ether oxygens (including phenoxy) is 2. The number of benzene rings is 2. The number of hydrogen-bond acceptors (Lipinski definition) is 5. The Balaban J connectivity index is 1.80. The zero-order chi connectivity index (χ0) is 22.3. The van der Waals surface area contributed by atoms with Crippen LogP contribution in [-0.2, 0) is 4.79 Å². The SMILES string of the molecule is CC(C)Oc1ccc(C(=O)NC(=S)NNC(=O)COc2ccc(Br)cc2Br)cc1Br. The van der Waals surface area contributed by atoms with Crippen LogP contribution in [0.2, 0.25) is 0 Å². The van der Waals surface area contributed by atoms with Gasteiger partial charge in [-0.1, -0.05) is 15.9 Å². The van der Waals surface area contributed by atoms with Gasteiger partial charge in [-0.3, -0.25) is 25.8 Å². The molecule has 2 aromatic carbocycles. The van der Waals surface area contributed by atoms with Crippen LogP contribution in [0.4, 0.5) is 0 Å². The highest BCUT2D eigenvalue weighted by Gasteiger charge is 2.12. The molecule has 0 unspecified atom stereocenters. The predicted molar refractivity (Wildman–Crippen MR) is 129 cm³/mol. The van der Waals surface area contributed by atoms with Crippen molar-refractivity contribution in [3.05, 3.63) is 55.4 Å². The second kappa shape index (κ2) is 11.6. The van der Waals surface area contributed by atoms with Crippen LogP contribution < -0.4 is 25.6 Å². The van der Waals surface area contributed by atoms with Gasteiger partial charge < -0.3 is 9.47 Å². The van der Waals surface area contributed by atoms with Crippen molar-refractivity contribution in [2.45, 2.75) is 20.0 Å².